The molecule has 1 N–H and O–H groups in total. The van der Waals surface area contributed by atoms with Crippen LogP contribution in [0.5, 0.6) is 0 Å². The maximum absolute atomic E-state index is 12.9. The molecule has 1 aliphatic rings. The first-order valence-corrected chi connectivity index (χ1v) is 9.72. The Morgan fingerprint density at radius 2 is 1.82 bits per heavy atom. The fraction of sp³-hybridized carbons (Fsp3) is 0.136. The van der Waals surface area contributed by atoms with Crippen LogP contribution in [0.2, 0.25) is 0 Å². The molecule has 1 atom stereocenters. The summed E-state index contributed by atoms with van der Waals surface area (Å²) in [5.41, 5.74) is 2.40. The minimum Gasteiger partial charge on any atom is -0.507 e. The van der Waals surface area contributed by atoms with Crippen molar-refractivity contribution in [3.8, 4) is 0 Å². The van der Waals surface area contributed by atoms with E-state index in [0.29, 0.717) is 12.1 Å². The number of ketones is 1. The third-order valence-corrected chi connectivity index (χ3v) is 5.65. The van der Waals surface area contributed by atoms with Crippen LogP contribution >= 0.6 is 11.3 Å². The molecule has 0 spiro atoms. The number of likely N-dealkylation sites (tertiary alicyclic amines) is 1. The summed E-state index contributed by atoms with van der Waals surface area (Å²) >= 11 is 1.52. The normalized spacial score (nSPS) is 18.6. The second kappa shape index (κ2) is 7.40. The quantitative estimate of drug-likeness (QED) is 0.414. The number of hydrogen-bond acceptors (Lipinski definition) is 5. The van der Waals surface area contributed by atoms with Crippen molar-refractivity contribution in [2.75, 3.05) is 0 Å². The summed E-state index contributed by atoms with van der Waals surface area (Å²) in [5, 5.41) is 12.9. The summed E-state index contributed by atoms with van der Waals surface area (Å²) in [4.78, 5) is 32.2. The average Bonchev–Trinajstić information content (AvgIpc) is 3.31. The highest BCUT2D eigenvalue weighted by Crippen LogP contribution is 2.40. The van der Waals surface area contributed by atoms with Gasteiger partial charge < -0.3 is 10.0 Å². The van der Waals surface area contributed by atoms with Gasteiger partial charge in [-0.2, -0.15) is 0 Å². The predicted octanol–water partition coefficient (Wildman–Crippen LogP) is 4.07. The van der Waals surface area contributed by atoms with Gasteiger partial charge in [0.15, 0.2) is 0 Å². The van der Waals surface area contributed by atoms with E-state index in [0.717, 1.165) is 16.0 Å². The first kappa shape index (κ1) is 18.1. The van der Waals surface area contributed by atoms with Gasteiger partial charge in [0, 0.05) is 22.8 Å². The van der Waals surface area contributed by atoms with Gasteiger partial charge in [0.05, 0.1) is 18.2 Å². The van der Waals surface area contributed by atoms with Crippen molar-refractivity contribution >= 4 is 28.8 Å². The maximum Gasteiger partial charge on any atom is 0.295 e. The molecule has 5 nitrogen and oxygen atoms in total. The molecule has 1 saturated heterocycles. The molecule has 0 radical (unpaired) electrons. The Kier molecular flexibility index (Phi) is 4.79. The van der Waals surface area contributed by atoms with Crippen LogP contribution in [0.4, 0.5) is 0 Å². The summed E-state index contributed by atoms with van der Waals surface area (Å²) in [7, 11) is 0. The van der Waals surface area contributed by atoms with E-state index in [1.807, 2.05) is 36.6 Å². The lowest BCUT2D eigenvalue weighted by atomic mass is 9.95. The Labute approximate surface area is 166 Å². The Morgan fingerprint density at radius 1 is 1.11 bits per heavy atom. The Morgan fingerprint density at radius 3 is 2.46 bits per heavy atom. The van der Waals surface area contributed by atoms with Crippen molar-refractivity contribution in [2.45, 2.75) is 19.5 Å². The standard InChI is InChI=1S/C22H18N2O3S/c1-14-4-6-16(7-5-14)20(25)18-19(15-8-10-23-11-9-15)24(22(27)21(18)26)13-17-3-2-12-28-17/h2-12,19,25H,13H2,1H3/b20-18-. The molecule has 6 heteroatoms. The van der Waals surface area contributed by atoms with Crippen LogP contribution in [0, 0.1) is 6.92 Å². The molecule has 28 heavy (non-hydrogen) atoms. The van der Waals surface area contributed by atoms with E-state index in [1.165, 1.54) is 16.2 Å². The molecule has 0 aliphatic carbocycles. The van der Waals surface area contributed by atoms with E-state index >= 15 is 0 Å². The second-order valence-electron chi connectivity index (χ2n) is 6.65. The topological polar surface area (TPSA) is 70.5 Å². The highest BCUT2D eigenvalue weighted by atomic mass is 32.1. The molecule has 1 aromatic carbocycles. The molecule has 0 bridgehead atoms. The second-order valence-corrected chi connectivity index (χ2v) is 7.69. The van der Waals surface area contributed by atoms with Crippen molar-refractivity contribution in [3.05, 3.63) is 93.4 Å². The molecule has 1 fully saturated rings. The number of hydrogen-bond donors (Lipinski definition) is 1. The molecule has 2 aromatic heterocycles. The fourth-order valence-corrected chi connectivity index (χ4v) is 4.08. The number of thiophene rings is 1. The van der Waals surface area contributed by atoms with Crippen LogP contribution in [0.1, 0.15) is 27.6 Å². The molecule has 0 saturated carbocycles. The number of carbonyl (C=O) groups excluding carboxylic acids is 2. The number of rotatable bonds is 4. The zero-order chi connectivity index (χ0) is 19.7. The zero-order valence-corrected chi connectivity index (χ0v) is 16.0. The number of aliphatic hydroxyl groups is 1. The van der Waals surface area contributed by atoms with Crippen LogP contribution < -0.4 is 0 Å². The first-order chi connectivity index (χ1) is 13.6. The molecule has 140 valence electrons. The molecule has 4 rings (SSSR count). The van der Waals surface area contributed by atoms with Crippen molar-refractivity contribution in [3.63, 3.8) is 0 Å². The summed E-state index contributed by atoms with van der Waals surface area (Å²) in [6, 6.07) is 13.9. The van der Waals surface area contributed by atoms with Gasteiger partial charge in [0.2, 0.25) is 0 Å². The molecule has 1 unspecified atom stereocenters. The Hall–Kier alpha value is -3.25. The third-order valence-electron chi connectivity index (χ3n) is 4.79. The van der Waals surface area contributed by atoms with Gasteiger partial charge in [-0.1, -0.05) is 35.9 Å². The van der Waals surface area contributed by atoms with Crippen molar-refractivity contribution < 1.29 is 14.7 Å². The smallest absolute Gasteiger partial charge is 0.295 e. The van der Waals surface area contributed by atoms with Crippen LogP contribution in [0.3, 0.4) is 0 Å². The number of aliphatic hydroxyl groups excluding tert-OH is 1. The van der Waals surface area contributed by atoms with Crippen LogP contribution in [0.25, 0.3) is 5.76 Å². The Bertz CT molecular complexity index is 1040. The molecule has 3 heterocycles. The Balaban J connectivity index is 1.85. The number of nitrogens with zero attached hydrogens (tertiary/aromatic N) is 2. The predicted molar refractivity (Wildman–Crippen MR) is 108 cm³/mol. The molecular weight excluding hydrogens is 372 g/mol. The van der Waals surface area contributed by atoms with E-state index in [9.17, 15) is 14.7 Å². The van der Waals surface area contributed by atoms with Crippen LogP contribution in [-0.2, 0) is 16.1 Å². The van der Waals surface area contributed by atoms with E-state index in [-0.39, 0.29) is 11.3 Å². The molecule has 1 amide bonds. The number of Topliss-reactive ketones (excluding diaryl/α,β-unsaturated/α-hetero) is 1. The molecule has 1 aliphatic heterocycles. The van der Waals surface area contributed by atoms with Crippen LogP contribution in [0.15, 0.2) is 71.9 Å². The van der Waals surface area contributed by atoms with Crippen molar-refractivity contribution in [1.29, 1.82) is 0 Å². The van der Waals surface area contributed by atoms with Gasteiger partial charge in [-0.15, -0.1) is 11.3 Å². The van der Waals surface area contributed by atoms with E-state index in [1.54, 1.807) is 36.7 Å². The fourth-order valence-electron chi connectivity index (χ4n) is 3.37. The van der Waals surface area contributed by atoms with Gasteiger partial charge in [-0.05, 0) is 36.1 Å². The van der Waals surface area contributed by atoms with Crippen molar-refractivity contribution in [1.82, 2.24) is 9.88 Å². The van der Waals surface area contributed by atoms with Crippen molar-refractivity contribution in [2.24, 2.45) is 0 Å². The van der Waals surface area contributed by atoms with Gasteiger partial charge in [0.1, 0.15) is 5.76 Å². The summed E-state index contributed by atoms with van der Waals surface area (Å²) in [6.07, 6.45) is 3.24. The molecular formula is C22H18N2O3S. The average molecular weight is 390 g/mol. The number of benzene rings is 1. The zero-order valence-electron chi connectivity index (χ0n) is 15.2. The minimum atomic E-state index is -0.670. The number of aryl methyl sites for hydroxylation is 1. The summed E-state index contributed by atoms with van der Waals surface area (Å²) < 4.78 is 0. The van der Waals surface area contributed by atoms with E-state index in [2.05, 4.69) is 4.98 Å². The van der Waals surface area contributed by atoms with Gasteiger partial charge in [0.25, 0.3) is 11.7 Å². The van der Waals surface area contributed by atoms with Gasteiger partial charge in [-0.3, -0.25) is 14.6 Å². The van der Waals surface area contributed by atoms with Gasteiger partial charge >= 0.3 is 0 Å². The SMILES string of the molecule is Cc1ccc(/C(O)=C2/C(=O)C(=O)N(Cc3cccs3)C2c2ccncc2)cc1. The number of amides is 1. The lowest BCUT2D eigenvalue weighted by Gasteiger charge is -2.24. The number of carbonyl (C=O) groups is 2. The highest BCUT2D eigenvalue weighted by Gasteiger charge is 2.46. The number of aromatic nitrogens is 1. The lowest BCUT2D eigenvalue weighted by molar-refractivity contribution is -0.140. The number of pyridine rings is 1. The third kappa shape index (κ3) is 3.23. The largest absolute Gasteiger partial charge is 0.507 e. The summed E-state index contributed by atoms with van der Waals surface area (Å²) in [5.74, 6) is -1.44. The van der Waals surface area contributed by atoms with E-state index in [4.69, 9.17) is 0 Å². The summed E-state index contributed by atoms with van der Waals surface area (Å²) in [6.45, 7) is 2.25. The minimum absolute atomic E-state index is 0.108. The van der Waals surface area contributed by atoms with E-state index < -0.39 is 17.7 Å². The van der Waals surface area contributed by atoms with Crippen LogP contribution in [-0.4, -0.2) is 26.7 Å². The molecule has 3 aromatic rings. The maximum atomic E-state index is 12.9. The first-order valence-electron chi connectivity index (χ1n) is 8.84. The monoisotopic (exact) mass is 390 g/mol. The highest BCUT2D eigenvalue weighted by molar-refractivity contribution is 7.09. The van der Waals surface area contributed by atoms with Gasteiger partial charge in [-0.25, -0.2) is 0 Å². The lowest BCUT2D eigenvalue weighted by Crippen LogP contribution is -2.28.